The highest BCUT2D eigenvalue weighted by Gasteiger charge is 2.17. The van der Waals surface area contributed by atoms with Crippen LogP contribution in [0.15, 0.2) is 22.9 Å². The van der Waals surface area contributed by atoms with Crippen LogP contribution in [0.3, 0.4) is 0 Å². The molecule has 0 unspecified atom stereocenters. The van der Waals surface area contributed by atoms with E-state index in [9.17, 15) is 4.79 Å². The molecule has 3 aromatic heterocycles. The Labute approximate surface area is 130 Å². The highest BCUT2D eigenvalue weighted by atomic mass is 32.1. The zero-order valence-corrected chi connectivity index (χ0v) is 13.3. The summed E-state index contributed by atoms with van der Waals surface area (Å²) >= 11 is 3.02. The molecule has 0 saturated carbocycles. The highest BCUT2D eigenvalue weighted by Crippen LogP contribution is 2.29. The number of hydrogen-bond donors (Lipinski definition) is 2. The largest absolute Gasteiger partial charge is 0.304 e. The Balaban J connectivity index is 1.81. The first-order chi connectivity index (χ1) is 10.2. The molecule has 108 valence electrons. The predicted molar refractivity (Wildman–Crippen MR) is 86.1 cm³/mol. The third-order valence-electron chi connectivity index (χ3n) is 3.02. The summed E-state index contributed by atoms with van der Waals surface area (Å²) in [5.41, 5.74) is 2.79. The summed E-state index contributed by atoms with van der Waals surface area (Å²) in [5, 5.41) is 14.7. The van der Waals surface area contributed by atoms with Crippen LogP contribution in [0.5, 0.6) is 0 Å². The van der Waals surface area contributed by atoms with Crippen molar-refractivity contribution >= 4 is 34.4 Å². The van der Waals surface area contributed by atoms with E-state index in [4.69, 9.17) is 0 Å². The van der Waals surface area contributed by atoms with Crippen LogP contribution in [0.1, 0.15) is 28.0 Å². The molecule has 2 N–H and O–H groups in total. The summed E-state index contributed by atoms with van der Waals surface area (Å²) in [6, 6.07) is 3.85. The van der Waals surface area contributed by atoms with Gasteiger partial charge in [0.05, 0.1) is 5.69 Å². The lowest BCUT2D eigenvalue weighted by atomic mass is 10.3. The average Bonchev–Trinajstić information content (AvgIpc) is 3.17. The van der Waals surface area contributed by atoms with E-state index < -0.39 is 0 Å². The Bertz CT molecular complexity index is 758. The Kier molecular flexibility index (Phi) is 3.85. The van der Waals surface area contributed by atoms with Gasteiger partial charge in [0.1, 0.15) is 9.88 Å². The van der Waals surface area contributed by atoms with Crippen molar-refractivity contribution < 1.29 is 4.79 Å². The topological polar surface area (TPSA) is 70.7 Å². The molecule has 0 aliphatic rings. The number of nitrogens with one attached hydrogen (secondary N) is 2. The normalized spacial score (nSPS) is 10.8. The molecule has 0 fully saturated rings. The Morgan fingerprint density at radius 1 is 1.48 bits per heavy atom. The van der Waals surface area contributed by atoms with Gasteiger partial charge in [0.25, 0.3) is 5.91 Å². The molecule has 3 aromatic rings. The molecule has 0 bridgehead atoms. The van der Waals surface area contributed by atoms with E-state index in [0.717, 1.165) is 28.4 Å². The van der Waals surface area contributed by atoms with Gasteiger partial charge in [-0.2, -0.15) is 16.4 Å². The van der Waals surface area contributed by atoms with E-state index in [1.54, 1.807) is 11.3 Å². The van der Waals surface area contributed by atoms with Gasteiger partial charge in [-0.1, -0.05) is 6.92 Å². The molecule has 0 aliphatic carbocycles. The number of thiophene rings is 1. The Morgan fingerprint density at radius 3 is 3.00 bits per heavy atom. The second-order valence-corrected chi connectivity index (χ2v) is 6.31. The molecular weight excluding hydrogens is 304 g/mol. The summed E-state index contributed by atoms with van der Waals surface area (Å²) in [7, 11) is 0. The van der Waals surface area contributed by atoms with E-state index in [1.807, 2.05) is 36.7 Å². The number of nitrogens with zero attached hydrogens (tertiary/aromatic N) is 2. The van der Waals surface area contributed by atoms with Crippen LogP contribution < -0.4 is 5.32 Å². The minimum absolute atomic E-state index is 0.166. The van der Waals surface area contributed by atoms with E-state index >= 15 is 0 Å². The molecular formula is C14H14N4OS2. The lowest BCUT2D eigenvalue weighted by Crippen LogP contribution is -2.11. The quantitative estimate of drug-likeness (QED) is 0.770. The third kappa shape index (κ3) is 2.88. The monoisotopic (exact) mass is 318 g/mol. The van der Waals surface area contributed by atoms with Crippen molar-refractivity contribution in [1.29, 1.82) is 0 Å². The molecule has 1 amide bonds. The van der Waals surface area contributed by atoms with Gasteiger partial charge in [-0.3, -0.25) is 9.89 Å². The SMILES string of the molecule is CCc1cc(NC(=O)c2sc(-c3ccsc3)nc2C)n[nH]1. The van der Waals surface area contributed by atoms with Crippen LogP contribution in [-0.2, 0) is 6.42 Å². The van der Waals surface area contributed by atoms with Crippen LogP contribution in [0.25, 0.3) is 10.6 Å². The number of anilines is 1. The number of rotatable bonds is 4. The number of aromatic nitrogens is 3. The van der Waals surface area contributed by atoms with Gasteiger partial charge in [0.15, 0.2) is 5.82 Å². The summed E-state index contributed by atoms with van der Waals surface area (Å²) in [4.78, 5) is 17.4. The van der Waals surface area contributed by atoms with Crippen LogP contribution >= 0.6 is 22.7 Å². The maximum absolute atomic E-state index is 12.3. The van der Waals surface area contributed by atoms with Gasteiger partial charge in [-0.25, -0.2) is 4.98 Å². The molecule has 21 heavy (non-hydrogen) atoms. The van der Waals surface area contributed by atoms with Gasteiger partial charge in [-0.15, -0.1) is 11.3 Å². The molecule has 5 nitrogen and oxygen atoms in total. The number of H-pyrrole nitrogens is 1. The standard InChI is InChI=1S/C14H14N4OS2/c1-3-10-6-11(18-17-10)16-13(19)12-8(2)15-14(21-12)9-4-5-20-7-9/h4-7H,3H2,1-2H3,(H2,16,17,18,19). The van der Waals surface area contributed by atoms with E-state index in [1.165, 1.54) is 11.3 Å². The van der Waals surface area contributed by atoms with Crippen molar-refractivity contribution in [3.05, 3.63) is 39.2 Å². The van der Waals surface area contributed by atoms with Crippen LogP contribution in [0, 0.1) is 6.92 Å². The number of aromatic amines is 1. The smallest absolute Gasteiger partial charge is 0.268 e. The van der Waals surface area contributed by atoms with Gasteiger partial charge >= 0.3 is 0 Å². The van der Waals surface area contributed by atoms with E-state index in [2.05, 4.69) is 20.5 Å². The van der Waals surface area contributed by atoms with Crippen molar-refractivity contribution in [2.45, 2.75) is 20.3 Å². The second-order valence-electron chi connectivity index (χ2n) is 4.53. The van der Waals surface area contributed by atoms with Crippen LogP contribution in [-0.4, -0.2) is 21.1 Å². The lowest BCUT2D eigenvalue weighted by molar-refractivity contribution is 0.102. The predicted octanol–water partition coefficient (Wildman–Crippen LogP) is 3.72. The maximum Gasteiger partial charge on any atom is 0.268 e. The van der Waals surface area contributed by atoms with Crippen molar-refractivity contribution in [2.75, 3.05) is 5.32 Å². The number of hydrogen-bond acceptors (Lipinski definition) is 5. The fourth-order valence-corrected chi connectivity index (χ4v) is 3.57. The summed E-state index contributed by atoms with van der Waals surface area (Å²) in [6.45, 7) is 3.88. The zero-order chi connectivity index (χ0) is 14.8. The number of aryl methyl sites for hydroxylation is 2. The zero-order valence-electron chi connectivity index (χ0n) is 11.6. The first kappa shape index (κ1) is 14.0. The van der Waals surface area contributed by atoms with Crippen molar-refractivity contribution in [3.63, 3.8) is 0 Å². The molecule has 0 aliphatic heterocycles. The minimum Gasteiger partial charge on any atom is -0.304 e. The maximum atomic E-state index is 12.3. The van der Waals surface area contributed by atoms with Crippen molar-refractivity contribution in [2.24, 2.45) is 0 Å². The van der Waals surface area contributed by atoms with Crippen molar-refractivity contribution in [1.82, 2.24) is 15.2 Å². The second kappa shape index (κ2) is 5.79. The molecule has 3 heterocycles. The fraction of sp³-hybridized carbons (Fsp3) is 0.214. The van der Waals surface area contributed by atoms with Gasteiger partial charge in [-0.05, 0) is 24.8 Å². The summed E-state index contributed by atoms with van der Waals surface area (Å²) < 4.78 is 0. The first-order valence-electron chi connectivity index (χ1n) is 6.53. The van der Waals surface area contributed by atoms with Crippen LogP contribution in [0.4, 0.5) is 5.82 Å². The summed E-state index contributed by atoms with van der Waals surface area (Å²) in [6.07, 6.45) is 0.852. The summed E-state index contributed by atoms with van der Waals surface area (Å²) in [5.74, 6) is 0.377. The molecule has 0 radical (unpaired) electrons. The number of carbonyl (C=O) groups excluding carboxylic acids is 1. The lowest BCUT2D eigenvalue weighted by Gasteiger charge is -1.98. The number of amides is 1. The first-order valence-corrected chi connectivity index (χ1v) is 8.29. The molecule has 0 spiro atoms. The molecule has 3 rings (SSSR count). The van der Waals surface area contributed by atoms with Gasteiger partial charge in [0, 0.05) is 22.7 Å². The van der Waals surface area contributed by atoms with Crippen molar-refractivity contribution in [3.8, 4) is 10.6 Å². The minimum atomic E-state index is -0.166. The van der Waals surface area contributed by atoms with E-state index in [0.29, 0.717) is 10.7 Å². The number of thiazole rings is 1. The Morgan fingerprint density at radius 2 is 2.33 bits per heavy atom. The van der Waals surface area contributed by atoms with E-state index in [-0.39, 0.29) is 5.91 Å². The molecule has 0 aromatic carbocycles. The average molecular weight is 318 g/mol. The number of carbonyl (C=O) groups is 1. The van der Waals surface area contributed by atoms with Crippen LogP contribution in [0.2, 0.25) is 0 Å². The molecule has 0 saturated heterocycles. The van der Waals surface area contributed by atoms with Gasteiger partial charge < -0.3 is 5.32 Å². The Hall–Kier alpha value is -1.99. The molecule has 7 heteroatoms. The molecule has 0 atom stereocenters. The highest BCUT2D eigenvalue weighted by molar-refractivity contribution is 7.17. The third-order valence-corrected chi connectivity index (χ3v) is 4.91. The van der Waals surface area contributed by atoms with Gasteiger partial charge in [0.2, 0.25) is 0 Å². The fourth-order valence-electron chi connectivity index (χ4n) is 1.90.